The molecule has 0 radical (unpaired) electrons. The maximum atomic E-state index is 13.1. The number of nitrogens with zero attached hydrogens (tertiary/aromatic N) is 4. The molecule has 1 aliphatic rings. The van der Waals surface area contributed by atoms with Gasteiger partial charge in [-0.1, -0.05) is 0 Å². The Morgan fingerprint density at radius 1 is 1.25 bits per heavy atom. The van der Waals surface area contributed by atoms with E-state index in [1.807, 2.05) is 0 Å². The first kappa shape index (κ1) is 14.6. The SMILES string of the molecule is O=C(c1ccnc2ccncc12)N1CCCCC1c1n[nH]c(=O)[nH]1. The maximum absolute atomic E-state index is 13.1. The summed E-state index contributed by atoms with van der Waals surface area (Å²) >= 11 is 0. The van der Waals surface area contributed by atoms with Crippen molar-refractivity contribution in [1.82, 2.24) is 30.0 Å². The van der Waals surface area contributed by atoms with E-state index < -0.39 is 0 Å². The van der Waals surface area contributed by atoms with Crippen LogP contribution in [0.5, 0.6) is 0 Å². The van der Waals surface area contributed by atoms with Crippen molar-refractivity contribution in [3.8, 4) is 0 Å². The molecule has 1 aliphatic heterocycles. The quantitative estimate of drug-likeness (QED) is 0.741. The highest BCUT2D eigenvalue weighted by Gasteiger charge is 2.31. The number of amides is 1. The Kier molecular flexibility index (Phi) is 3.56. The van der Waals surface area contributed by atoms with Gasteiger partial charge >= 0.3 is 5.69 Å². The van der Waals surface area contributed by atoms with Gasteiger partial charge < -0.3 is 4.90 Å². The number of aromatic nitrogens is 5. The zero-order valence-electron chi connectivity index (χ0n) is 12.9. The lowest BCUT2D eigenvalue weighted by atomic mass is 9.99. The normalized spacial score (nSPS) is 18.0. The summed E-state index contributed by atoms with van der Waals surface area (Å²) in [7, 11) is 0. The fraction of sp³-hybridized carbons (Fsp3) is 0.312. The summed E-state index contributed by atoms with van der Waals surface area (Å²) in [6, 6.07) is 3.26. The van der Waals surface area contributed by atoms with Crippen LogP contribution in [0, 0.1) is 0 Å². The van der Waals surface area contributed by atoms with Gasteiger partial charge in [0.2, 0.25) is 0 Å². The topological polar surface area (TPSA) is 108 Å². The predicted octanol–water partition coefficient (Wildman–Crippen LogP) is 1.41. The number of H-pyrrole nitrogens is 2. The molecule has 0 aromatic carbocycles. The van der Waals surface area contributed by atoms with Crippen LogP contribution < -0.4 is 5.69 Å². The van der Waals surface area contributed by atoms with Crippen LogP contribution in [0.1, 0.15) is 41.5 Å². The molecule has 3 aromatic rings. The molecular formula is C16H16N6O2. The molecule has 3 aromatic heterocycles. The minimum Gasteiger partial charge on any atom is -0.328 e. The van der Waals surface area contributed by atoms with E-state index in [0.29, 0.717) is 17.9 Å². The molecule has 4 rings (SSSR count). The summed E-state index contributed by atoms with van der Waals surface area (Å²) in [6.45, 7) is 0.627. The summed E-state index contributed by atoms with van der Waals surface area (Å²) < 4.78 is 0. The second kappa shape index (κ2) is 5.88. The van der Waals surface area contributed by atoms with E-state index in [9.17, 15) is 9.59 Å². The molecule has 0 saturated carbocycles. The molecule has 8 heteroatoms. The van der Waals surface area contributed by atoms with Crippen molar-refractivity contribution in [2.45, 2.75) is 25.3 Å². The zero-order chi connectivity index (χ0) is 16.5. The second-order valence-electron chi connectivity index (χ2n) is 5.82. The Bertz CT molecular complexity index is 941. The number of pyridine rings is 2. The fourth-order valence-corrected chi connectivity index (χ4v) is 3.23. The predicted molar refractivity (Wildman–Crippen MR) is 86.4 cm³/mol. The average molecular weight is 324 g/mol. The van der Waals surface area contributed by atoms with Crippen molar-refractivity contribution in [1.29, 1.82) is 0 Å². The number of carbonyl (C=O) groups excluding carboxylic acids is 1. The van der Waals surface area contributed by atoms with Crippen LogP contribution >= 0.6 is 0 Å². The van der Waals surface area contributed by atoms with Gasteiger partial charge in [0.05, 0.1) is 17.1 Å². The van der Waals surface area contributed by atoms with Crippen LogP contribution in [0.4, 0.5) is 0 Å². The lowest BCUT2D eigenvalue weighted by Crippen LogP contribution is -2.39. The molecule has 122 valence electrons. The molecule has 0 aliphatic carbocycles. The van der Waals surface area contributed by atoms with Gasteiger partial charge in [-0.05, 0) is 31.4 Å². The van der Waals surface area contributed by atoms with Crippen molar-refractivity contribution in [2.24, 2.45) is 0 Å². The van der Waals surface area contributed by atoms with Crippen molar-refractivity contribution < 1.29 is 4.79 Å². The van der Waals surface area contributed by atoms with Gasteiger partial charge in [-0.3, -0.25) is 19.7 Å². The molecule has 1 amide bonds. The number of rotatable bonds is 2. The highest BCUT2D eigenvalue weighted by atomic mass is 16.2. The van der Waals surface area contributed by atoms with E-state index in [1.165, 1.54) is 0 Å². The number of aromatic amines is 2. The fourth-order valence-electron chi connectivity index (χ4n) is 3.23. The minimum absolute atomic E-state index is 0.0936. The molecule has 1 fully saturated rings. The molecule has 2 N–H and O–H groups in total. The van der Waals surface area contributed by atoms with Crippen molar-refractivity contribution in [3.05, 3.63) is 52.6 Å². The van der Waals surface area contributed by atoms with Crippen molar-refractivity contribution in [3.63, 3.8) is 0 Å². The summed E-state index contributed by atoms with van der Waals surface area (Å²) in [4.78, 5) is 37.3. The summed E-state index contributed by atoms with van der Waals surface area (Å²) in [5.74, 6) is 0.411. The van der Waals surface area contributed by atoms with E-state index in [4.69, 9.17) is 0 Å². The molecule has 1 saturated heterocycles. The lowest BCUT2D eigenvalue weighted by Gasteiger charge is -2.34. The number of hydrogen-bond donors (Lipinski definition) is 2. The smallest absolute Gasteiger partial charge is 0.328 e. The van der Waals surface area contributed by atoms with E-state index >= 15 is 0 Å². The van der Waals surface area contributed by atoms with Crippen LogP contribution in [0.15, 0.2) is 35.5 Å². The first-order valence-corrected chi connectivity index (χ1v) is 7.88. The number of fused-ring (bicyclic) bond motifs is 1. The number of likely N-dealkylation sites (tertiary alicyclic amines) is 1. The first-order valence-electron chi connectivity index (χ1n) is 7.88. The molecule has 1 unspecified atom stereocenters. The maximum Gasteiger partial charge on any atom is 0.340 e. The molecular weight excluding hydrogens is 308 g/mol. The van der Waals surface area contributed by atoms with Gasteiger partial charge in [-0.2, -0.15) is 5.10 Å². The van der Waals surface area contributed by atoms with Crippen LogP contribution in [-0.2, 0) is 0 Å². The Balaban J connectivity index is 1.74. The molecule has 1 atom stereocenters. The third-order valence-electron chi connectivity index (χ3n) is 4.37. The standard InChI is InChI=1S/C16H16N6O2/c23-15(10-4-7-18-12-5-6-17-9-11(10)12)22-8-2-1-3-13(22)14-19-16(24)21-20-14/h4-7,9,13H,1-3,8H2,(H2,19,20,21,24). The van der Waals surface area contributed by atoms with E-state index in [0.717, 1.165) is 30.2 Å². The van der Waals surface area contributed by atoms with E-state index in [1.54, 1.807) is 35.6 Å². The Morgan fingerprint density at radius 2 is 2.17 bits per heavy atom. The minimum atomic E-state index is -0.360. The number of piperidine rings is 1. The Labute approximate surface area is 136 Å². The van der Waals surface area contributed by atoms with Gasteiger partial charge in [0, 0.05) is 30.5 Å². The molecule has 4 heterocycles. The first-order chi connectivity index (χ1) is 11.7. The van der Waals surface area contributed by atoms with Crippen molar-refractivity contribution >= 4 is 16.8 Å². The van der Waals surface area contributed by atoms with Gasteiger partial charge in [-0.25, -0.2) is 9.89 Å². The molecule has 0 bridgehead atoms. The van der Waals surface area contributed by atoms with Crippen LogP contribution in [0.2, 0.25) is 0 Å². The largest absolute Gasteiger partial charge is 0.340 e. The summed E-state index contributed by atoms with van der Waals surface area (Å²) in [5.41, 5.74) is 0.942. The highest BCUT2D eigenvalue weighted by molar-refractivity contribution is 6.05. The van der Waals surface area contributed by atoms with Gasteiger partial charge in [-0.15, -0.1) is 0 Å². The molecule has 0 spiro atoms. The monoisotopic (exact) mass is 324 g/mol. The summed E-state index contributed by atoms with van der Waals surface area (Å²) in [6.07, 6.45) is 7.63. The third kappa shape index (κ3) is 2.45. The Morgan fingerprint density at radius 3 is 3.00 bits per heavy atom. The van der Waals surface area contributed by atoms with Crippen molar-refractivity contribution in [2.75, 3.05) is 6.54 Å². The number of nitrogens with one attached hydrogen (secondary N) is 2. The Hall–Kier alpha value is -3.03. The number of carbonyl (C=O) groups is 1. The van der Waals surface area contributed by atoms with Gasteiger partial charge in [0.15, 0.2) is 5.82 Å². The van der Waals surface area contributed by atoms with Gasteiger partial charge in [0.25, 0.3) is 5.91 Å². The van der Waals surface area contributed by atoms with Crippen LogP contribution in [0.25, 0.3) is 10.9 Å². The third-order valence-corrected chi connectivity index (χ3v) is 4.37. The average Bonchev–Trinajstić information content (AvgIpc) is 3.07. The lowest BCUT2D eigenvalue weighted by molar-refractivity contribution is 0.0602. The second-order valence-corrected chi connectivity index (χ2v) is 5.82. The van der Waals surface area contributed by atoms with E-state index in [2.05, 4.69) is 25.1 Å². The van der Waals surface area contributed by atoms with Gasteiger partial charge in [0.1, 0.15) is 0 Å². The summed E-state index contributed by atoms with van der Waals surface area (Å²) in [5, 5.41) is 7.12. The van der Waals surface area contributed by atoms with E-state index in [-0.39, 0.29) is 17.6 Å². The number of hydrogen-bond acceptors (Lipinski definition) is 5. The highest BCUT2D eigenvalue weighted by Crippen LogP contribution is 2.30. The van der Waals surface area contributed by atoms with Crippen LogP contribution in [-0.4, -0.2) is 42.5 Å². The molecule has 8 nitrogen and oxygen atoms in total. The molecule has 24 heavy (non-hydrogen) atoms. The van der Waals surface area contributed by atoms with Crippen LogP contribution in [0.3, 0.4) is 0 Å². The zero-order valence-corrected chi connectivity index (χ0v) is 12.9.